The summed E-state index contributed by atoms with van der Waals surface area (Å²) >= 11 is 0. The molecule has 0 bridgehead atoms. The Balaban J connectivity index is 3.44. The van der Waals surface area contributed by atoms with Gasteiger partial charge in [-0.2, -0.15) is 0 Å². The molecular weight excluding hydrogens is 200 g/mol. The molecule has 0 amide bonds. The largest absolute Gasteiger partial charge is 0.389 e. The number of nitrogens with two attached hydrogens (primary N) is 1. The lowest BCUT2D eigenvalue weighted by molar-refractivity contribution is 0.0565. The Kier molecular flexibility index (Phi) is 7.98. The number of nitrogens with zero attached hydrogens (tertiary/aromatic N) is 1. The van der Waals surface area contributed by atoms with Crippen LogP contribution >= 0.6 is 0 Å². The van der Waals surface area contributed by atoms with Gasteiger partial charge in [0.1, 0.15) is 0 Å². The van der Waals surface area contributed by atoms with E-state index in [0.717, 1.165) is 31.7 Å². The first-order chi connectivity index (χ1) is 7.37. The number of hydrogen-bond acceptors (Lipinski definition) is 3. The summed E-state index contributed by atoms with van der Waals surface area (Å²) in [7, 11) is 2.17. The molecule has 0 rings (SSSR count). The number of rotatable bonds is 9. The Bertz CT molecular complexity index is 169. The maximum Gasteiger partial charge on any atom is 0.0741 e. The third-order valence-electron chi connectivity index (χ3n) is 3.03. The maximum absolute atomic E-state index is 9.73. The number of hydrogen-bond donors (Lipinski definition) is 2. The number of unbranched alkanes of at least 4 members (excludes halogenated alkanes) is 1. The highest BCUT2D eigenvalue weighted by Crippen LogP contribution is 2.12. The molecule has 3 heteroatoms. The molecule has 0 heterocycles. The monoisotopic (exact) mass is 230 g/mol. The fourth-order valence-corrected chi connectivity index (χ4v) is 1.58. The minimum Gasteiger partial charge on any atom is -0.389 e. The maximum atomic E-state index is 9.73. The second-order valence-corrected chi connectivity index (χ2v) is 5.64. The third kappa shape index (κ3) is 9.13. The van der Waals surface area contributed by atoms with Crippen molar-refractivity contribution in [1.82, 2.24) is 4.90 Å². The van der Waals surface area contributed by atoms with Gasteiger partial charge < -0.3 is 15.7 Å². The second kappa shape index (κ2) is 8.04. The molecule has 0 aromatic carbocycles. The molecule has 0 fully saturated rings. The van der Waals surface area contributed by atoms with Crippen LogP contribution in [-0.2, 0) is 0 Å². The third-order valence-corrected chi connectivity index (χ3v) is 3.03. The molecule has 0 aromatic heterocycles. The van der Waals surface area contributed by atoms with Gasteiger partial charge >= 0.3 is 0 Å². The second-order valence-electron chi connectivity index (χ2n) is 5.64. The van der Waals surface area contributed by atoms with E-state index in [4.69, 9.17) is 5.73 Å². The molecule has 0 aliphatic heterocycles. The highest BCUT2D eigenvalue weighted by molar-refractivity contribution is 4.72. The summed E-state index contributed by atoms with van der Waals surface area (Å²) in [4.78, 5) is 2.37. The molecule has 3 N–H and O–H groups in total. The normalized spacial score (nSPS) is 15.8. The summed E-state index contributed by atoms with van der Waals surface area (Å²) in [6.45, 7) is 8.97. The van der Waals surface area contributed by atoms with Crippen LogP contribution in [0.25, 0.3) is 0 Å². The summed E-state index contributed by atoms with van der Waals surface area (Å²) in [5.41, 5.74) is 4.80. The predicted molar refractivity (Wildman–Crippen MR) is 70.5 cm³/mol. The van der Waals surface area contributed by atoms with Crippen molar-refractivity contribution >= 4 is 0 Å². The first kappa shape index (κ1) is 15.9. The Labute approximate surface area is 101 Å². The smallest absolute Gasteiger partial charge is 0.0741 e. The van der Waals surface area contributed by atoms with Crippen LogP contribution in [0.1, 0.15) is 46.5 Å². The zero-order valence-electron chi connectivity index (χ0n) is 11.5. The Morgan fingerprint density at radius 3 is 2.38 bits per heavy atom. The SMILES string of the molecule is CC(C)CCN(C)CCCCC(C)(O)CN. The molecule has 98 valence electrons. The van der Waals surface area contributed by atoms with Crippen LogP contribution in [-0.4, -0.2) is 42.3 Å². The predicted octanol–water partition coefficient (Wildman–Crippen LogP) is 1.84. The molecule has 0 saturated carbocycles. The topological polar surface area (TPSA) is 49.5 Å². The van der Waals surface area contributed by atoms with Gasteiger partial charge in [-0.05, 0) is 58.7 Å². The van der Waals surface area contributed by atoms with E-state index in [-0.39, 0.29) is 0 Å². The molecule has 0 aliphatic rings. The first-order valence-electron chi connectivity index (χ1n) is 6.48. The summed E-state index contributed by atoms with van der Waals surface area (Å²) < 4.78 is 0. The summed E-state index contributed by atoms with van der Waals surface area (Å²) in [5.74, 6) is 0.778. The number of aliphatic hydroxyl groups is 1. The van der Waals surface area contributed by atoms with Crippen LogP contribution in [0.2, 0.25) is 0 Å². The van der Waals surface area contributed by atoms with Crippen molar-refractivity contribution in [3.63, 3.8) is 0 Å². The van der Waals surface area contributed by atoms with Crippen molar-refractivity contribution in [3.05, 3.63) is 0 Å². The first-order valence-corrected chi connectivity index (χ1v) is 6.48. The van der Waals surface area contributed by atoms with E-state index in [1.165, 1.54) is 13.0 Å². The van der Waals surface area contributed by atoms with Crippen LogP contribution in [0.15, 0.2) is 0 Å². The molecule has 16 heavy (non-hydrogen) atoms. The van der Waals surface area contributed by atoms with Crippen LogP contribution in [0.5, 0.6) is 0 Å². The van der Waals surface area contributed by atoms with Crippen molar-refractivity contribution in [3.8, 4) is 0 Å². The fraction of sp³-hybridized carbons (Fsp3) is 1.00. The van der Waals surface area contributed by atoms with E-state index in [0.29, 0.717) is 6.54 Å². The van der Waals surface area contributed by atoms with Gasteiger partial charge in [0.2, 0.25) is 0 Å². The van der Waals surface area contributed by atoms with Crippen molar-refractivity contribution < 1.29 is 5.11 Å². The molecule has 0 spiro atoms. The van der Waals surface area contributed by atoms with Gasteiger partial charge in [0, 0.05) is 6.54 Å². The molecular formula is C13H30N2O. The lowest BCUT2D eigenvalue weighted by Gasteiger charge is -2.22. The highest BCUT2D eigenvalue weighted by atomic mass is 16.3. The van der Waals surface area contributed by atoms with E-state index >= 15 is 0 Å². The molecule has 0 radical (unpaired) electrons. The minimum atomic E-state index is -0.670. The molecule has 0 aromatic rings. The lowest BCUT2D eigenvalue weighted by atomic mass is 9.99. The van der Waals surface area contributed by atoms with Crippen LogP contribution < -0.4 is 5.73 Å². The van der Waals surface area contributed by atoms with Gasteiger partial charge in [0.15, 0.2) is 0 Å². The van der Waals surface area contributed by atoms with Crippen molar-refractivity contribution in [2.75, 3.05) is 26.7 Å². The Morgan fingerprint density at radius 2 is 1.88 bits per heavy atom. The molecule has 1 unspecified atom stereocenters. The van der Waals surface area contributed by atoms with E-state index in [1.807, 2.05) is 6.92 Å². The quantitative estimate of drug-likeness (QED) is 0.594. The van der Waals surface area contributed by atoms with Crippen molar-refractivity contribution in [2.24, 2.45) is 11.7 Å². The minimum absolute atomic E-state index is 0.357. The van der Waals surface area contributed by atoms with Gasteiger partial charge in [-0.15, -0.1) is 0 Å². The Hall–Kier alpha value is -0.120. The molecule has 0 saturated heterocycles. The van der Waals surface area contributed by atoms with Gasteiger partial charge in [-0.1, -0.05) is 13.8 Å². The van der Waals surface area contributed by atoms with E-state index in [1.54, 1.807) is 0 Å². The molecule has 0 aliphatic carbocycles. The zero-order valence-corrected chi connectivity index (χ0v) is 11.5. The van der Waals surface area contributed by atoms with Crippen LogP contribution in [0.4, 0.5) is 0 Å². The van der Waals surface area contributed by atoms with Gasteiger partial charge in [-0.3, -0.25) is 0 Å². The van der Waals surface area contributed by atoms with E-state index < -0.39 is 5.60 Å². The standard InChI is InChI=1S/C13H30N2O/c1-12(2)7-10-15(4)9-6-5-8-13(3,16)11-14/h12,16H,5-11,14H2,1-4H3. The summed E-state index contributed by atoms with van der Waals surface area (Å²) in [6, 6.07) is 0. The molecule has 3 nitrogen and oxygen atoms in total. The van der Waals surface area contributed by atoms with Crippen LogP contribution in [0.3, 0.4) is 0 Å². The molecule has 1 atom stereocenters. The van der Waals surface area contributed by atoms with Crippen LogP contribution in [0, 0.1) is 5.92 Å². The average molecular weight is 230 g/mol. The lowest BCUT2D eigenvalue weighted by Crippen LogP contribution is -2.34. The van der Waals surface area contributed by atoms with Gasteiger partial charge in [0.05, 0.1) is 5.60 Å². The van der Waals surface area contributed by atoms with Crippen molar-refractivity contribution in [2.45, 2.75) is 52.1 Å². The fourth-order valence-electron chi connectivity index (χ4n) is 1.58. The van der Waals surface area contributed by atoms with Gasteiger partial charge in [-0.25, -0.2) is 0 Å². The summed E-state index contributed by atoms with van der Waals surface area (Å²) in [5, 5.41) is 9.73. The average Bonchev–Trinajstić information content (AvgIpc) is 2.21. The van der Waals surface area contributed by atoms with E-state index in [9.17, 15) is 5.11 Å². The zero-order chi connectivity index (χ0) is 12.6. The Morgan fingerprint density at radius 1 is 1.25 bits per heavy atom. The summed E-state index contributed by atoms with van der Waals surface area (Å²) in [6.07, 6.45) is 4.26. The van der Waals surface area contributed by atoms with E-state index in [2.05, 4.69) is 25.8 Å². The highest BCUT2D eigenvalue weighted by Gasteiger charge is 2.16. The van der Waals surface area contributed by atoms with Crippen molar-refractivity contribution in [1.29, 1.82) is 0 Å². The van der Waals surface area contributed by atoms with Gasteiger partial charge in [0.25, 0.3) is 0 Å².